The molecule has 0 fully saturated rings. The first-order chi connectivity index (χ1) is 6.62. The van der Waals surface area contributed by atoms with Crippen LogP contribution in [0.15, 0.2) is 0 Å². The average molecular weight is 236 g/mol. The van der Waals surface area contributed by atoms with Crippen molar-refractivity contribution in [1.82, 2.24) is 0 Å². The van der Waals surface area contributed by atoms with Crippen LogP contribution in [0.5, 0.6) is 0 Å². The summed E-state index contributed by atoms with van der Waals surface area (Å²) in [6.45, 7) is 0.138. The Morgan fingerprint density at radius 3 is 2.00 bits per heavy atom. The zero-order valence-electron chi connectivity index (χ0n) is 8.40. The van der Waals surface area contributed by atoms with Gasteiger partial charge in [-0.25, -0.2) is 8.78 Å². The predicted octanol–water partition coefficient (Wildman–Crippen LogP) is 2.63. The molecule has 0 aromatic carbocycles. The van der Waals surface area contributed by atoms with Crippen molar-refractivity contribution in [1.29, 1.82) is 0 Å². The standard InChI is InChI=1S/C8H13F5O2/c1-7(2,4-14-3-6(9)10)15-5-8(11,12)13/h6H,3-5H2,1-2H3. The first kappa shape index (κ1) is 14.6. The van der Waals surface area contributed by atoms with E-state index in [1.807, 2.05) is 0 Å². The molecule has 0 aromatic rings. The molecule has 7 heteroatoms. The predicted molar refractivity (Wildman–Crippen MR) is 42.9 cm³/mol. The molecular formula is C8H13F5O2. The van der Waals surface area contributed by atoms with E-state index in [9.17, 15) is 22.0 Å². The summed E-state index contributed by atoms with van der Waals surface area (Å²) in [5.41, 5.74) is -1.23. The van der Waals surface area contributed by atoms with Crippen LogP contribution in [0, 0.1) is 0 Å². The largest absolute Gasteiger partial charge is 0.411 e. The van der Waals surface area contributed by atoms with Gasteiger partial charge in [0.2, 0.25) is 0 Å². The lowest BCUT2D eigenvalue weighted by Gasteiger charge is -2.25. The molecule has 0 bridgehead atoms. The van der Waals surface area contributed by atoms with Crippen molar-refractivity contribution >= 4 is 0 Å². The van der Waals surface area contributed by atoms with Crippen LogP contribution in [0.2, 0.25) is 0 Å². The maximum absolute atomic E-state index is 11.8. The molecule has 0 radical (unpaired) electrons. The van der Waals surface area contributed by atoms with Gasteiger partial charge >= 0.3 is 6.18 Å². The third kappa shape index (κ3) is 9.86. The van der Waals surface area contributed by atoms with Crippen LogP contribution in [0.1, 0.15) is 13.8 Å². The van der Waals surface area contributed by atoms with E-state index in [0.717, 1.165) is 0 Å². The van der Waals surface area contributed by atoms with Gasteiger partial charge in [-0.05, 0) is 13.8 Å². The summed E-state index contributed by atoms with van der Waals surface area (Å²) in [6.07, 6.45) is -7.07. The highest BCUT2D eigenvalue weighted by atomic mass is 19.4. The van der Waals surface area contributed by atoms with Gasteiger partial charge in [0.15, 0.2) is 0 Å². The zero-order valence-corrected chi connectivity index (χ0v) is 8.40. The molecule has 0 aliphatic heterocycles. The monoisotopic (exact) mass is 236 g/mol. The summed E-state index contributed by atoms with van der Waals surface area (Å²) in [5.74, 6) is 0. The Morgan fingerprint density at radius 1 is 1.07 bits per heavy atom. The molecule has 2 nitrogen and oxygen atoms in total. The Morgan fingerprint density at radius 2 is 1.60 bits per heavy atom. The third-order valence-corrected chi connectivity index (χ3v) is 1.32. The maximum atomic E-state index is 11.8. The Bertz CT molecular complexity index is 178. The molecule has 0 rings (SSSR count). The number of rotatable bonds is 6. The summed E-state index contributed by atoms with van der Waals surface area (Å²) in [7, 11) is 0. The van der Waals surface area contributed by atoms with E-state index in [0.29, 0.717) is 0 Å². The highest BCUT2D eigenvalue weighted by Crippen LogP contribution is 2.19. The van der Waals surface area contributed by atoms with Crippen LogP contribution in [0.25, 0.3) is 0 Å². The van der Waals surface area contributed by atoms with Crippen LogP contribution < -0.4 is 0 Å². The van der Waals surface area contributed by atoms with Gasteiger partial charge in [-0.3, -0.25) is 0 Å². The summed E-state index contributed by atoms with van der Waals surface area (Å²) in [6, 6.07) is 0. The van der Waals surface area contributed by atoms with E-state index >= 15 is 0 Å². The van der Waals surface area contributed by atoms with Gasteiger partial charge in [-0.15, -0.1) is 0 Å². The smallest absolute Gasteiger partial charge is 0.373 e. The molecule has 0 aliphatic rings. The second kappa shape index (κ2) is 5.60. The van der Waals surface area contributed by atoms with Gasteiger partial charge < -0.3 is 9.47 Å². The van der Waals surface area contributed by atoms with Crippen molar-refractivity contribution in [2.24, 2.45) is 0 Å². The number of hydrogen-bond acceptors (Lipinski definition) is 2. The molecular weight excluding hydrogens is 223 g/mol. The van der Waals surface area contributed by atoms with E-state index in [4.69, 9.17) is 0 Å². The second-order valence-corrected chi connectivity index (χ2v) is 3.57. The van der Waals surface area contributed by atoms with Gasteiger partial charge in [0.05, 0.1) is 12.2 Å². The number of halogens is 5. The van der Waals surface area contributed by atoms with Crippen molar-refractivity contribution in [2.45, 2.75) is 32.1 Å². The fourth-order valence-electron chi connectivity index (χ4n) is 0.713. The molecule has 0 amide bonds. The number of ether oxygens (including phenoxy) is 2. The zero-order chi connectivity index (χ0) is 12.1. The van der Waals surface area contributed by atoms with E-state index in [2.05, 4.69) is 9.47 Å². The van der Waals surface area contributed by atoms with Gasteiger partial charge in [0, 0.05) is 0 Å². The lowest BCUT2D eigenvalue weighted by atomic mass is 10.1. The molecule has 0 saturated carbocycles. The molecule has 0 heterocycles. The van der Waals surface area contributed by atoms with Crippen LogP contribution in [0.4, 0.5) is 22.0 Å². The summed E-state index contributed by atoms with van der Waals surface area (Å²) in [5, 5.41) is 0. The molecule has 0 aliphatic carbocycles. The van der Waals surface area contributed by atoms with Gasteiger partial charge in [0.25, 0.3) is 6.43 Å². The average Bonchev–Trinajstić information content (AvgIpc) is 1.99. The van der Waals surface area contributed by atoms with Crippen molar-refractivity contribution in [2.75, 3.05) is 19.8 Å². The Hall–Kier alpha value is -0.430. The quantitative estimate of drug-likeness (QED) is 0.660. The van der Waals surface area contributed by atoms with E-state index in [-0.39, 0.29) is 6.61 Å². The van der Waals surface area contributed by atoms with Gasteiger partial charge in [-0.1, -0.05) is 0 Å². The Kier molecular flexibility index (Phi) is 5.44. The molecule has 0 saturated heterocycles. The minimum absolute atomic E-state index is 0.312. The molecule has 0 N–H and O–H groups in total. The van der Waals surface area contributed by atoms with Crippen molar-refractivity contribution in [3.63, 3.8) is 0 Å². The summed E-state index contributed by atoms with van der Waals surface area (Å²) in [4.78, 5) is 0. The van der Waals surface area contributed by atoms with Crippen molar-refractivity contribution < 1.29 is 31.4 Å². The van der Waals surface area contributed by atoms with Crippen LogP contribution in [0.3, 0.4) is 0 Å². The SMILES string of the molecule is CC(C)(COCC(F)F)OCC(F)(F)F. The van der Waals surface area contributed by atoms with Crippen LogP contribution in [-0.4, -0.2) is 38.0 Å². The van der Waals surface area contributed by atoms with E-state index < -0.39 is 31.4 Å². The number of alkyl halides is 5. The third-order valence-electron chi connectivity index (χ3n) is 1.32. The van der Waals surface area contributed by atoms with Gasteiger partial charge in [-0.2, -0.15) is 13.2 Å². The van der Waals surface area contributed by atoms with E-state index in [1.165, 1.54) is 13.8 Å². The van der Waals surface area contributed by atoms with Gasteiger partial charge in [0.1, 0.15) is 13.2 Å². The van der Waals surface area contributed by atoms with Crippen molar-refractivity contribution in [3.8, 4) is 0 Å². The van der Waals surface area contributed by atoms with Crippen LogP contribution >= 0.6 is 0 Å². The first-order valence-corrected chi connectivity index (χ1v) is 4.19. The Labute approximate surface area is 84.3 Å². The second-order valence-electron chi connectivity index (χ2n) is 3.57. The maximum Gasteiger partial charge on any atom is 0.411 e. The van der Waals surface area contributed by atoms with Crippen LogP contribution in [-0.2, 0) is 9.47 Å². The normalized spacial score (nSPS) is 13.6. The highest BCUT2D eigenvalue weighted by Gasteiger charge is 2.32. The molecule has 0 unspecified atom stereocenters. The fraction of sp³-hybridized carbons (Fsp3) is 1.00. The molecule has 0 atom stereocenters. The first-order valence-electron chi connectivity index (χ1n) is 4.19. The molecule has 0 spiro atoms. The highest BCUT2D eigenvalue weighted by molar-refractivity contribution is 4.68. The molecule has 15 heavy (non-hydrogen) atoms. The molecule has 0 aromatic heterocycles. The fourth-order valence-corrected chi connectivity index (χ4v) is 0.713. The minimum Gasteiger partial charge on any atom is -0.373 e. The topological polar surface area (TPSA) is 18.5 Å². The number of hydrogen-bond donors (Lipinski definition) is 0. The minimum atomic E-state index is -4.43. The summed E-state index contributed by atoms with van der Waals surface area (Å²) >= 11 is 0. The molecule has 92 valence electrons. The Balaban J connectivity index is 3.77. The van der Waals surface area contributed by atoms with Crippen molar-refractivity contribution in [3.05, 3.63) is 0 Å². The lowest BCUT2D eigenvalue weighted by Crippen LogP contribution is -2.35. The van der Waals surface area contributed by atoms with E-state index in [1.54, 1.807) is 0 Å². The summed E-state index contributed by atoms with van der Waals surface area (Å²) < 4.78 is 67.5. The lowest BCUT2D eigenvalue weighted by molar-refractivity contribution is -0.208.